The highest BCUT2D eigenvalue weighted by molar-refractivity contribution is 5.96. The van der Waals surface area contributed by atoms with Gasteiger partial charge in [0.1, 0.15) is 5.56 Å². The van der Waals surface area contributed by atoms with Gasteiger partial charge in [0.15, 0.2) is 5.65 Å². The predicted octanol–water partition coefficient (Wildman–Crippen LogP) is 4.97. The van der Waals surface area contributed by atoms with E-state index in [1.807, 2.05) is 36.4 Å². The zero-order chi connectivity index (χ0) is 28.2. The summed E-state index contributed by atoms with van der Waals surface area (Å²) in [4.78, 5) is 43.0. The van der Waals surface area contributed by atoms with Gasteiger partial charge in [-0.25, -0.2) is 10.5 Å². The molecule has 2 N–H and O–H groups in total. The highest BCUT2D eigenvalue weighted by Gasteiger charge is 2.20. The van der Waals surface area contributed by atoms with Gasteiger partial charge in [0.05, 0.1) is 11.5 Å². The summed E-state index contributed by atoms with van der Waals surface area (Å²) >= 11 is 0. The average molecular weight is 541 g/mol. The second kappa shape index (κ2) is 12.0. The minimum Gasteiger partial charge on any atom is -0.324 e. The number of rotatable bonds is 8. The number of carbonyl (C=O) groups excluding carboxylic acids is 1. The fraction of sp³-hybridized carbons (Fsp3) is 0.355. The number of likely N-dealkylation sites (tertiary alicyclic amines) is 1. The molecule has 5 rings (SSSR count). The molecule has 1 amide bonds. The highest BCUT2D eigenvalue weighted by Crippen LogP contribution is 2.29. The van der Waals surface area contributed by atoms with E-state index in [0.29, 0.717) is 17.5 Å². The lowest BCUT2D eigenvalue weighted by molar-refractivity contribution is 0.0000943. The summed E-state index contributed by atoms with van der Waals surface area (Å²) < 4.78 is 1.75. The Bertz CT molecular complexity index is 1540. The zero-order valence-corrected chi connectivity index (χ0v) is 23.5. The van der Waals surface area contributed by atoms with Crippen molar-refractivity contribution in [3.63, 3.8) is 0 Å². The van der Waals surface area contributed by atoms with Crippen molar-refractivity contribution >= 4 is 28.6 Å². The van der Waals surface area contributed by atoms with Gasteiger partial charge < -0.3 is 14.8 Å². The normalized spacial score (nSPS) is 14.5. The number of fused-ring (bicyclic) bond motifs is 1. The van der Waals surface area contributed by atoms with Crippen LogP contribution in [0.15, 0.2) is 65.7 Å². The third-order valence-corrected chi connectivity index (χ3v) is 7.36. The molecule has 4 aromatic rings. The number of hydroxylamine groups is 1. The van der Waals surface area contributed by atoms with Gasteiger partial charge in [-0.3, -0.25) is 14.4 Å². The summed E-state index contributed by atoms with van der Waals surface area (Å²) in [6.07, 6.45) is 5.98. The van der Waals surface area contributed by atoms with Gasteiger partial charge in [0, 0.05) is 23.8 Å². The largest absolute Gasteiger partial charge is 0.324 e. The lowest BCUT2D eigenvalue weighted by atomic mass is 9.89. The molecule has 2 aromatic heterocycles. The van der Waals surface area contributed by atoms with Crippen LogP contribution in [0.3, 0.4) is 0 Å². The number of carbonyl (C=O) groups is 1. The van der Waals surface area contributed by atoms with Crippen LogP contribution in [0.1, 0.15) is 61.0 Å². The van der Waals surface area contributed by atoms with E-state index in [-0.39, 0.29) is 17.1 Å². The molecule has 1 fully saturated rings. The van der Waals surface area contributed by atoms with Crippen molar-refractivity contribution in [2.45, 2.75) is 52.1 Å². The van der Waals surface area contributed by atoms with Crippen molar-refractivity contribution in [1.29, 1.82) is 0 Å². The Balaban J connectivity index is 1.49. The third kappa shape index (κ3) is 6.05. The Morgan fingerprint density at radius 1 is 1.07 bits per heavy atom. The van der Waals surface area contributed by atoms with Crippen LogP contribution < -0.4 is 16.2 Å². The molecule has 1 aliphatic rings. The minimum absolute atomic E-state index is 0.0541. The molecule has 1 saturated heterocycles. The molecule has 0 radical (unpaired) electrons. The number of pyridine rings is 1. The number of hydrogen-bond donors (Lipinski definition) is 2. The van der Waals surface area contributed by atoms with Crippen LogP contribution in [0, 0.1) is 0 Å². The first-order chi connectivity index (χ1) is 19.3. The van der Waals surface area contributed by atoms with E-state index in [1.165, 1.54) is 23.5 Å². The van der Waals surface area contributed by atoms with Crippen LogP contribution in [0.2, 0.25) is 0 Å². The number of nitrogens with one attached hydrogen (secondary N) is 2. The number of aromatic nitrogens is 3. The maximum Gasteiger partial charge on any atom is 0.280 e. The van der Waals surface area contributed by atoms with Gasteiger partial charge in [-0.05, 0) is 94.6 Å². The smallest absolute Gasteiger partial charge is 0.280 e. The summed E-state index contributed by atoms with van der Waals surface area (Å²) in [6, 6.07) is 16.3. The summed E-state index contributed by atoms with van der Waals surface area (Å²) in [7, 11) is 2.17. The first-order valence-corrected chi connectivity index (χ1v) is 13.9. The average Bonchev–Trinajstić information content (AvgIpc) is 2.97. The molecule has 0 aliphatic carbocycles. The molecular formula is C31H36N6O3. The monoisotopic (exact) mass is 540 g/mol. The highest BCUT2D eigenvalue weighted by atomic mass is 16.7. The Morgan fingerprint density at radius 3 is 2.42 bits per heavy atom. The van der Waals surface area contributed by atoms with Crippen molar-refractivity contribution in [2.75, 3.05) is 25.5 Å². The van der Waals surface area contributed by atoms with E-state index in [0.717, 1.165) is 43.7 Å². The zero-order valence-electron chi connectivity index (χ0n) is 23.5. The quantitative estimate of drug-likeness (QED) is 0.305. The maximum absolute atomic E-state index is 13.3. The molecule has 9 nitrogen and oxygen atoms in total. The number of hydrogen-bond acceptors (Lipinski definition) is 7. The molecule has 0 unspecified atom stereocenters. The minimum atomic E-state index is -0.619. The summed E-state index contributed by atoms with van der Waals surface area (Å²) in [5.74, 6) is 0.317. The van der Waals surface area contributed by atoms with Gasteiger partial charge in [-0.15, -0.1) is 0 Å². The third-order valence-electron chi connectivity index (χ3n) is 7.36. The van der Waals surface area contributed by atoms with Crippen LogP contribution in [0.5, 0.6) is 0 Å². The van der Waals surface area contributed by atoms with Gasteiger partial charge in [-0.2, -0.15) is 4.98 Å². The number of amides is 1. The molecular weight excluding hydrogens is 504 g/mol. The SMILES string of the molecule is CCc1ccc(-n2cc(C(=O)NOC(C)C)c(=O)c3cnc(Nc4ccc(C5CCN(C)CC5)cc4)nc32)cc1. The molecule has 208 valence electrons. The maximum atomic E-state index is 13.3. The lowest BCUT2D eigenvalue weighted by Gasteiger charge is -2.29. The van der Waals surface area contributed by atoms with Crippen molar-refractivity contribution in [2.24, 2.45) is 0 Å². The van der Waals surface area contributed by atoms with Crippen molar-refractivity contribution in [3.05, 3.63) is 87.8 Å². The van der Waals surface area contributed by atoms with E-state index in [9.17, 15) is 9.59 Å². The van der Waals surface area contributed by atoms with Gasteiger partial charge in [-0.1, -0.05) is 31.2 Å². The molecule has 9 heteroatoms. The number of piperidine rings is 1. The second-order valence-electron chi connectivity index (χ2n) is 10.6. The van der Waals surface area contributed by atoms with Gasteiger partial charge >= 0.3 is 0 Å². The topological polar surface area (TPSA) is 101 Å². The van der Waals surface area contributed by atoms with E-state index in [4.69, 9.17) is 9.82 Å². The molecule has 0 bridgehead atoms. The Hall–Kier alpha value is -4.08. The van der Waals surface area contributed by atoms with Crippen LogP contribution in [0.25, 0.3) is 16.7 Å². The van der Waals surface area contributed by atoms with E-state index >= 15 is 0 Å². The van der Waals surface area contributed by atoms with E-state index < -0.39 is 11.3 Å². The first kappa shape index (κ1) is 27.5. The van der Waals surface area contributed by atoms with E-state index in [2.05, 4.69) is 46.8 Å². The van der Waals surface area contributed by atoms with Crippen LogP contribution in [-0.4, -0.2) is 51.6 Å². The number of anilines is 2. The molecule has 2 aromatic carbocycles. The predicted molar refractivity (Wildman–Crippen MR) is 157 cm³/mol. The van der Waals surface area contributed by atoms with Gasteiger partial charge in [0.2, 0.25) is 11.4 Å². The molecule has 3 heterocycles. The van der Waals surface area contributed by atoms with Crippen LogP contribution in [0.4, 0.5) is 11.6 Å². The Kier molecular flexibility index (Phi) is 8.23. The van der Waals surface area contributed by atoms with Gasteiger partial charge in [0.25, 0.3) is 5.91 Å². The standard InChI is InChI=1S/C31H36N6O3/c1-5-21-6-12-25(13-7-21)37-19-27(30(39)35-40-20(2)3)28(38)26-18-32-31(34-29(26)37)33-24-10-8-22(9-11-24)23-14-16-36(4)17-15-23/h6-13,18-20,23H,5,14-17H2,1-4H3,(H,35,39)(H,32,33,34). The number of benzene rings is 2. The number of nitrogens with zero attached hydrogens (tertiary/aromatic N) is 4. The summed E-state index contributed by atoms with van der Waals surface area (Å²) in [5.41, 5.74) is 6.40. The van der Waals surface area contributed by atoms with Crippen LogP contribution in [-0.2, 0) is 11.3 Å². The first-order valence-electron chi connectivity index (χ1n) is 13.9. The Morgan fingerprint density at radius 2 is 1.77 bits per heavy atom. The Labute approximate surface area is 234 Å². The molecule has 0 saturated carbocycles. The molecule has 40 heavy (non-hydrogen) atoms. The van der Waals surface area contributed by atoms with E-state index in [1.54, 1.807) is 18.4 Å². The summed E-state index contributed by atoms with van der Waals surface area (Å²) in [6.45, 7) is 7.91. The fourth-order valence-corrected chi connectivity index (χ4v) is 4.96. The number of aryl methyl sites for hydroxylation is 1. The second-order valence-corrected chi connectivity index (χ2v) is 10.6. The molecule has 1 aliphatic heterocycles. The van der Waals surface area contributed by atoms with Crippen molar-refractivity contribution < 1.29 is 9.63 Å². The fourth-order valence-electron chi connectivity index (χ4n) is 4.96. The molecule has 0 spiro atoms. The lowest BCUT2D eigenvalue weighted by Crippen LogP contribution is -2.32. The molecule has 0 atom stereocenters. The van der Waals surface area contributed by atoms with Crippen molar-refractivity contribution in [3.8, 4) is 5.69 Å². The summed E-state index contributed by atoms with van der Waals surface area (Å²) in [5, 5.41) is 3.51. The van der Waals surface area contributed by atoms with Crippen molar-refractivity contribution in [1.82, 2.24) is 24.9 Å². The van der Waals surface area contributed by atoms with Crippen LogP contribution >= 0.6 is 0 Å².